The normalized spacial score (nSPS) is 14.8. The number of rotatable bonds is 0. The zero-order chi connectivity index (χ0) is 16.5. The highest BCUT2D eigenvalue weighted by Crippen LogP contribution is 2.52. The molecular formula is C23H17Br. The lowest BCUT2D eigenvalue weighted by molar-refractivity contribution is 0.660. The molecule has 0 nitrogen and oxygen atoms in total. The zero-order valence-electron chi connectivity index (χ0n) is 13.7. The fourth-order valence-corrected chi connectivity index (χ4v) is 4.66. The Morgan fingerprint density at radius 3 is 2.38 bits per heavy atom. The summed E-state index contributed by atoms with van der Waals surface area (Å²) in [4.78, 5) is 0. The molecule has 1 heteroatoms. The van der Waals surface area contributed by atoms with E-state index in [1.807, 2.05) is 0 Å². The van der Waals surface area contributed by atoms with Crippen LogP contribution in [-0.4, -0.2) is 0 Å². The van der Waals surface area contributed by atoms with Crippen LogP contribution in [0.1, 0.15) is 25.0 Å². The van der Waals surface area contributed by atoms with E-state index in [0.717, 1.165) is 4.47 Å². The lowest BCUT2D eigenvalue weighted by atomic mass is 9.82. The van der Waals surface area contributed by atoms with Crippen molar-refractivity contribution in [1.29, 1.82) is 0 Å². The van der Waals surface area contributed by atoms with Crippen molar-refractivity contribution in [3.63, 3.8) is 0 Å². The maximum atomic E-state index is 3.64. The SMILES string of the molecule is CC1(C)c2cc(Br)ccc2-c2c1ccc1c2ccc2ccccc21. The van der Waals surface area contributed by atoms with Crippen LogP contribution in [0.2, 0.25) is 0 Å². The van der Waals surface area contributed by atoms with E-state index < -0.39 is 0 Å². The molecule has 0 bridgehead atoms. The summed E-state index contributed by atoms with van der Waals surface area (Å²) in [7, 11) is 0. The molecule has 24 heavy (non-hydrogen) atoms. The average Bonchev–Trinajstić information content (AvgIpc) is 2.82. The van der Waals surface area contributed by atoms with E-state index in [4.69, 9.17) is 0 Å². The van der Waals surface area contributed by atoms with Crippen molar-refractivity contribution in [3.05, 3.63) is 82.3 Å². The van der Waals surface area contributed by atoms with Crippen LogP contribution in [0, 0.1) is 0 Å². The van der Waals surface area contributed by atoms with Gasteiger partial charge in [-0.15, -0.1) is 0 Å². The summed E-state index contributed by atoms with van der Waals surface area (Å²) < 4.78 is 1.15. The van der Waals surface area contributed by atoms with Crippen LogP contribution in [0.25, 0.3) is 32.7 Å². The van der Waals surface area contributed by atoms with E-state index in [1.165, 1.54) is 43.8 Å². The third-order valence-electron chi connectivity index (χ3n) is 5.52. The summed E-state index contributed by atoms with van der Waals surface area (Å²) in [5, 5.41) is 5.35. The van der Waals surface area contributed by atoms with Gasteiger partial charge in [0, 0.05) is 9.89 Å². The van der Waals surface area contributed by atoms with Crippen molar-refractivity contribution < 1.29 is 0 Å². The molecule has 0 fully saturated rings. The molecule has 0 atom stereocenters. The first-order valence-electron chi connectivity index (χ1n) is 8.33. The van der Waals surface area contributed by atoms with Gasteiger partial charge in [-0.2, -0.15) is 0 Å². The molecular weight excluding hydrogens is 356 g/mol. The molecule has 0 N–H and O–H groups in total. The molecule has 0 heterocycles. The molecule has 0 radical (unpaired) electrons. The molecule has 1 aliphatic carbocycles. The lowest BCUT2D eigenvalue weighted by Gasteiger charge is -2.21. The van der Waals surface area contributed by atoms with E-state index in [1.54, 1.807) is 0 Å². The van der Waals surface area contributed by atoms with Crippen molar-refractivity contribution in [2.75, 3.05) is 0 Å². The Bertz CT molecular complexity index is 1140. The molecule has 1 aliphatic rings. The van der Waals surface area contributed by atoms with Crippen molar-refractivity contribution in [2.45, 2.75) is 19.3 Å². The molecule has 0 unspecified atom stereocenters. The highest BCUT2D eigenvalue weighted by molar-refractivity contribution is 9.10. The second-order valence-electron chi connectivity index (χ2n) is 7.18. The quantitative estimate of drug-likeness (QED) is 0.289. The predicted octanol–water partition coefficient (Wildman–Crippen LogP) is 7.06. The fraction of sp³-hybridized carbons (Fsp3) is 0.130. The van der Waals surface area contributed by atoms with Crippen LogP contribution >= 0.6 is 15.9 Å². The monoisotopic (exact) mass is 372 g/mol. The molecule has 0 aliphatic heterocycles. The molecule has 0 saturated heterocycles. The van der Waals surface area contributed by atoms with E-state index >= 15 is 0 Å². The summed E-state index contributed by atoms with van der Waals surface area (Å²) in [6.45, 7) is 4.66. The van der Waals surface area contributed by atoms with Gasteiger partial charge in [-0.25, -0.2) is 0 Å². The predicted molar refractivity (Wildman–Crippen MR) is 107 cm³/mol. The highest BCUT2D eigenvalue weighted by atomic mass is 79.9. The number of hydrogen-bond donors (Lipinski definition) is 0. The van der Waals surface area contributed by atoms with E-state index in [2.05, 4.69) is 96.5 Å². The first-order chi connectivity index (χ1) is 11.6. The summed E-state index contributed by atoms with van der Waals surface area (Å²) in [6.07, 6.45) is 0. The largest absolute Gasteiger partial charge is 0.0616 e. The van der Waals surface area contributed by atoms with Gasteiger partial charge in [-0.1, -0.05) is 84.4 Å². The second-order valence-corrected chi connectivity index (χ2v) is 8.10. The summed E-state index contributed by atoms with van der Waals surface area (Å²) in [5.41, 5.74) is 5.66. The van der Waals surface area contributed by atoms with Gasteiger partial charge in [-0.3, -0.25) is 0 Å². The molecule has 0 aromatic heterocycles. The Labute approximate surface area is 150 Å². The zero-order valence-corrected chi connectivity index (χ0v) is 15.3. The minimum atomic E-state index is 0.0360. The van der Waals surface area contributed by atoms with Gasteiger partial charge in [0.2, 0.25) is 0 Å². The molecule has 0 spiro atoms. The summed E-state index contributed by atoms with van der Waals surface area (Å²) in [6, 6.07) is 24.5. The lowest BCUT2D eigenvalue weighted by Crippen LogP contribution is -2.14. The minimum absolute atomic E-state index is 0.0360. The Morgan fingerprint density at radius 1 is 0.708 bits per heavy atom. The second kappa shape index (κ2) is 4.70. The Kier molecular flexibility index (Phi) is 2.79. The van der Waals surface area contributed by atoms with Gasteiger partial charge in [-0.05, 0) is 55.9 Å². The molecule has 0 amide bonds. The van der Waals surface area contributed by atoms with E-state index in [0.29, 0.717) is 0 Å². The maximum Gasteiger partial charge on any atom is 0.0178 e. The molecule has 4 aromatic carbocycles. The van der Waals surface area contributed by atoms with Gasteiger partial charge in [0.05, 0.1) is 0 Å². The fourth-order valence-electron chi connectivity index (χ4n) is 4.30. The van der Waals surface area contributed by atoms with Crippen molar-refractivity contribution in [1.82, 2.24) is 0 Å². The number of fused-ring (bicyclic) bond motifs is 7. The number of hydrogen-bond acceptors (Lipinski definition) is 0. The Balaban J connectivity index is 1.98. The molecule has 5 rings (SSSR count). The number of benzene rings is 4. The van der Waals surface area contributed by atoms with Crippen molar-refractivity contribution in [3.8, 4) is 11.1 Å². The van der Waals surface area contributed by atoms with Gasteiger partial charge in [0.25, 0.3) is 0 Å². The smallest absolute Gasteiger partial charge is 0.0178 e. The van der Waals surface area contributed by atoms with Crippen LogP contribution in [0.5, 0.6) is 0 Å². The third-order valence-corrected chi connectivity index (χ3v) is 6.02. The average molecular weight is 373 g/mol. The van der Waals surface area contributed by atoms with Crippen LogP contribution in [0.15, 0.2) is 71.2 Å². The first kappa shape index (κ1) is 14.2. The van der Waals surface area contributed by atoms with Crippen LogP contribution in [0.3, 0.4) is 0 Å². The van der Waals surface area contributed by atoms with Gasteiger partial charge in [0.1, 0.15) is 0 Å². The standard InChI is InChI=1S/C23H17Br/c1-23(2)20-12-11-17-16-6-4-3-5-14(16)7-9-18(17)22(20)19-10-8-15(24)13-21(19)23/h3-13H,1-2H3. The van der Waals surface area contributed by atoms with E-state index in [-0.39, 0.29) is 5.41 Å². The summed E-state index contributed by atoms with van der Waals surface area (Å²) >= 11 is 3.64. The molecule has 0 saturated carbocycles. The Morgan fingerprint density at radius 2 is 1.50 bits per heavy atom. The van der Waals surface area contributed by atoms with Crippen molar-refractivity contribution in [2.24, 2.45) is 0 Å². The summed E-state index contributed by atoms with van der Waals surface area (Å²) in [5.74, 6) is 0. The minimum Gasteiger partial charge on any atom is -0.0616 e. The molecule has 116 valence electrons. The van der Waals surface area contributed by atoms with Crippen LogP contribution in [-0.2, 0) is 5.41 Å². The van der Waals surface area contributed by atoms with Gasteiger partial charge < -0.3 is 0 Å². The van der Waals surface area contributed by atoms with E-state index in [9.17, 15) is 0 Å². The van der Waals surface area contributed by atoms with Crippen molar-refractivity contribution >= 4 is 37.5 Å². The van der Waals surface area contributed by atoms with Crippen LogP contribution < -0.4 is 0 Å². The third kappa shape index (κ3) is 1.74. The maximum absolute atomic E-state index is 3.64. The topological polar surface area (TPSA) is 0 Å². The number of halogens is 1. The van der Waals surface area contributed by atoms with Crippen LogP contribution in [0.4, 0.5) is 0 Å². The van der Waals surface area contributed by atoms with Gasteiger partial charge >= 0.3 is 0 Å². The Hall–Kier alpha value is -2.12. The first-order valence-corrected chi connectivity index (χ1v) is 9.12. The highest BCUT2D eigenvalue weighted by Gasteiger charge is 2.36. The molecule has 4 aromatic rings. The van der Waals surface area contributed by atoms with Gasteiger partial charge in [0.15, 0.2) is 0 Å².